The van der Waals surface area contributed by atoms with Gasteiger partial charge in [0.25, 0.3) is 0 Å². The largest absolute Gasteiger partial charge is 0.481 e. The monoisotopic (exact) mass is 322 g/mol. The van der Waals surface area contributed by atoms with Crippen LogP contribution in [0.15, 0.2) is 58.9 Å². The van der Waals surface area contributed by atoms with Crippen LogP contribution in [0.4, 0.5) is 11.5 Å². The first-order chi connectivity index (χ1) is 11.5. The third kappa shape index (κ3) is 3.32. The predicted molar refractivity (Wildman–Crippen MR) is 91.2 cm³/mol. The average Bonchev–Trinajstić information content (AvgIpc) is 2.89. The van der Waals surface area contributed by atoms with E-state index in [1.54, 1.807) is 10.6 Å². The molecule has 0 atom stereocenters. The fourth-order valence-electron chi connectivity index (χ4n) is 2.43. The molecule has 3 rings (SSSR count). The summed E-state index contributed by atoms with van der Waals surface area (Å²) in [5, 5.41) is 17.6. The van der Waals surface area contributed by atoms with Crippen molar-refractivity contribution in [2.24, 2.45) is 10.2 Å². The second-order valence-corrected chi connectivity index (χ2v) is 5.83. The number of imidazole rings is 1. The van der Waals surface area contributed by atoms with Crippen LogP contribution in [0.5, 0.6) is 0 Å². The van der Waals surface area contributed by atoms with Gasteiger partial charge in [0.1, 0.15) is 5.65 Å². The summed E-state index contributed by atoms with van der Waals surface area (Å²) in [5.41, 5.74) is 3.00. The molecule has 0 unspecified atom stereocenters. The number of azo groups is 1. The first-order valence-corrected chi connectivity index (χ1v) is 7.74. The standard InChI is InChI=1S/C18H18N4O2/c1-12(2)13-6-8-14(9-7-13)20-21-18-15(11-17(23)24)19-16-5-3-4-10-22(16)18/h3-10,12H,11H2,1-2H3,(H,23,24). The van der Waals surface area contributed by atoms with Gasteiger partial charge in [-0.2, -0.15) is 0 Å². The lowest BCUT2D eigenvalue weighted by atomic mass is 10.0. The molecule has 122 valence electrons. The highest BCUT2D eigenvalue weighted by Gasteiger charge is 2.14. The number of pyridine rings is 1. The lowest BCUT2D eigenvalue weighted by molar-refractivity contribution is -0.136. The van der Waals surface area contributed by atoms with Crippen molar-refractivity contribution < 1.29 is 9.90 Å². The van der Waals surface area contributed by atoms with Crippen molar-refractivity contribution in [2.75, 3.05) is 0 Å². The third-order valence-electron chi connectivity index (χ3n) is 3.71. The predicted octanol–water partition coefficient (Wildman–Crippen LogP) is 4.50. The van der Waals surface area contributed by atoms with E-state index in [-0.39, 0.29) is 6.42 Å². The number of carbonyl (C=O) groups is 1. The van der Waals surface area contributed by atoms with Crippen molar-refractivity contribution >= 4 is 23.1 Å². The number of carboxylic acids is 1. The minimum absolute atomic E-state index is 0.192. The lowest BCUT2D eigenvalue weighted by Crippen LogP contribution is -2.00. The molecule has 0 saturated carbocycles. The molecule has 0 aliphatic heterocycles. The summed E-state index contributed by atoms with van der Waals surface area (Å²) in [4.78, 5) is 15.4. The quantitative estimate of drug-likeness (QED) is 0.702. The first-order valence-electron chi connectivity index (χ1n) is 7.74. The molecule has 0 saturated heterocycles. The van der Waals surface area contributed by atoms with Gasteiger partial charge >= 0.3 is 5.97 Å². The van der Waals surface area contributed by atoms with Crippen LogP contribution in [0.3, 0.4) is 0 Å². The number of carboxylic acid groups (broad SMARTS) is 1. The van der Waals surface area contributed by atoms with Crippen LogP contribution < -0.4 is 0 Å². The van der Waals surface area contributed by atoms with Crippen LogP contribution in [0, 0.1) is 0 Å². The van der Waals surface area contributed by atoms with Gasteiger partial charge in [-0.05, 0) is 35.7 Å². The van der Waals surface area contributed by atoms with E-state index >= 15 is 0 Å². The van der Waals surface area contributed by atoms with E-state index in [4.69, 9.17) is 5.11 Å². The summed E-state index contributed by atoms with van der Waals surface area (Å²) in [6.07, 6.45) is 1.60. The fourth-order valence-corrected chi connectivity index (χ4v) is 2.43. The van der Waals surface area contributed by atoms with Crippen LogP contribution in [0.2, 0.25) is 0 Å². The van der Waals surface area contributed by atoms with Gasteiger partial charge in [0, 0.05) is 6.20 Å². The number of hydrogen-bond donors (Lipinski definition) is 1. The van der Waals surface area contributed by atoms with Crippen molar-refractivity contribution in [2.45, 2.75) is 26.2 Å². The Morgan fingerprint density at radius 3 is 2.58 bits per heavy atom. The Hall–Kier alpha value is -3.02. The van der Waals surface area contributed by atoms with Crippen LogP contribution in [-0.4, -0.2) is 20.5 Å². The molecule has 0 radical (unpaired) electrons. The smallest absolute Gasteiger partial charge is 0.309 e. The summed E-state index contributed by atoms with van der Waals surface area (Å²) in [5.74, 6) is -0.0472. The minimum atomic E-state index is -0.948. The Morgan fingerprint density at radius 2 is 1.92 bits per heavy atom. The highest BCUT2D eigenvalue weighted by Crippen LogP contribution is 2.25. The molecule has 0 bridgehead atoms. The molecule has 1 aromatic carbocycles. The number of rotatable bonds is 5. The van der Waals surface area contributed by atoms with Crippen molar-refractivity contribution in [3.05, 3.63) is 59.9 Å². The van der Waals surface area contributed by atoms with E-state index < -0.39 is 5.97 Å². The maximum absolute atomic E-state index is 11.1. The van der Waals surface area contributed by atoms with Gasteiger partial charge in [-0.1, -0.05) is 32.0 Å². The molecule has 0 spiro atoms. The summed E-state index contributed by atoms with van der Waals surface area (Å²) in [7, 11) is 0. The van der Waals surface area contributed by atoms with Crippen molar-refractivity contribution in [3.8, 4) is 0 Å². The van der Waals surface area contributed by atoms with Crippen molar-refractivity contribution in [1.82, 2.24) is 9.38 Å². The zero-order valence-electron chi connectivity index (χ0n) is 13.5. The number of aromatic nitrogens is 2. The molecule has 3 aromatic rings. The number of nitrogens with zero attached hydrogens (tertiary/aromatic N) is 4. The molecule has 0 amide bonds. The van der Waals surface area contributed by atoms with E-state index in [1.165, 1.54) is 5.56 Å². The Kier molecular flexibility index (Phi) is 4.37. The van der Waals surface area contributed by atoms with Gasteiger partial charge in [0.05, 0.1) is 17.8 Å². The van der Waals surface area contributed by atoms with Gasteiger partial charge in [-0.3, -0.25) is 9.20 Å². The van der Waals surface area contributed by atoms with Gasteiger partial charge in [0.15, 0.2) is 5.82 Å². The van der Waals surface area contributed by atoms with E-state index in [0.717, 1.165) is 0 Å². The molecule has 24 heavy (non-hydrogen) atoms. The van der Waals surface area contributed by atoms with Gasteiger partial charge < -0.3 is 5.11 Å². The zero-order valence-corrected chi connectivity index (χ0v) is 13.5. The van der Waals surface area contributed by atoms with Crippen LogP contribution in [0.25, 0.3) is 5.65 Å². The SMILES string of the molecule is CC(C)c1ccc(N=Nc2c(CC(=O)O)nc3ccccn23)cc1. The molecule has 6 heteroatoms. The topological polar surface area (TPSA) is 79.3 Å². The Labute approximate surface area is 139 Å². The molecular weight excluding hydrogens is 304 g/mol. The second-order valence-electron chi connectivity index (χ2n) is 5.83. The number of aliphatic carboxylic acids is 1. The fraction of sp³-hybridized carbons (Fsp3) is 0.222. The number of benzene rings is 1. The zero-order chi connectivity index (χ0) is 17.1. The number of fused-ring (bicyclic) bond motifs is 1. The molecule has 0 aliphatic rings. The van der Waals surface area contributed by atoms with E-state index in [9.17, 15) is 4.79 Å². The Bertz CT molecular complexity index is 895. The van der Waals surface area contributed by atoms with E-state index in [1.807, 2.05) is 42.5 Å². The van der Waals surface area contributed by atoms with Gasteiger partial charge in [0.2, 0.25) is 0 Å². The molecule has 6 nitrogen and oxygen atoms in total. The second kappa shape index (κ2) is 6.62. The highest BCUT2D eigenvalue weighted by atomic mass is 16.4. The van der Waals surface area contributed by atoms with Gasteiger partial charge in [-0.25, -0.2) is 4.98 Å². The summed E-state index contributed by atoms with van der Waals surface area (Å²) >= 11 is 0. The average molecular weight is 322 g/mol. The maximum Gasteiger partial charge on any atom is 0.309 e. The summed E-state index contributed by atoms with van der Waals surface area (Å²) in [6, 6.07) is 13.3. The van der Waals surface area contributed by atoms with E-state index in [2.05, 4.69) is 29.1 Å². The Balaban J connectivity index is 1.97. The first kappa shape index (κ1) is 15.9. The van der Waals surface area contributed by atoms with Crippen LogP contribution in [-0.2, 0) is 11.2 Å². The van der Waals surface area contributed by atoms with Crippen LogP contribution >= 0.6 is 0 Å². The normalized spacial score (nSPS) is 11.6. The minimum Gasteiger partial charge on any atom is -0.481 e. The summed E-state index contributed by atoms with van der Waals surface area (Å²) in [6.45, 7) is 4.26. The lowest BCUT2D eigenvalue weighted by Gasteiger charge is -2.04. The molecule has 0 aliphatic carbocycles. The van der Waals surface area contributed by atoms with Crippen molar-refractivity contribution in [3.63, 3.8) is 0 Å². The third-order valence-corrected chi connectivity index (χ3v) is 3.71. The maximum atomic E-state index is 11.1. The molecule has 2 heterocycles. The molecule has 1 N–H and O–H groups in total. The summed E-state index contributed by atoms with van der Waals surface area (Å²) < 4.78 is 1.74. The highest BCUT2D eigenvalue weighted by molar-refractivity contribution is 5.72. The van der Waals surface area contributed by atoms with E-state index in [0.29, 0.717) is 28.8 Å². The molecular formula is C18H18N4O2. The number of hydrogen-bond acceptors (Lipinski definition) is 4. The Morgan fingerprint density at radius 1 is 1.17 bits per heavy atom. The van der Waals surface area contributed by atoms with Crippen molar-refractivity contribution in [1.29, 1.82) is 0 Å². The van der Waals surface area contributed by atoms with Gasteiger partial charge in [-0.15, -0.1) is 10.2 Å². The van der Waals surface area contributed by atoms with Crippen LogP contribution in [0.1, 0.15) is 31.0 Å². The molecule has 2 aromatic heterocycles. The molecule has 0 fully saturated rings.